The molecule has 2 aliphatic heterocycles. The van der Waals surface area contributed by atoms with Gasteiger partial charge < -0.3 is 39.9 Å². The average molecular weight is 875 g/mol. The van der Waals surface area contributed by atoms with E-state index < -0.39 is 12.2 Å². The maximum atomic E-state index is 13.6. The SMILES string of the molecule is COC(=O)N[C@H](CC(=O)N1CCC[C@H]1c1ncc(-c2ccc(-c3ccc(-c4cnc([C@@H]5CCCN5C(=O)C[C@H](Cc5cccs5)NC(=O)OC)[nH]4)cc3)cc2)[nH]1)Cc1cccs1. The summed E-state index contributed by atoms with van der Waals surface area (Å²) in [5.74, 6) is 1.45. The number of nitrogens with zero attached hydrogens (tertiary/aromatic N) is 4. The van der Waals surface area contributed by atoms with Gasteiger partial charge in [0.1, 0.15) is 11.6 Å². The van der Waals surface area contributed by atoms with Crippen LogP contribution in [0.5, 0.6) is 0 Å². The van der Waals surface area contributed by atoms with Crippen LogP contribution in [0, 0.1) is 0 Å². The Hall–Kier alpha value is -6.26. The molecule has 62 heavy (non-hydrogen) atoms. The minimum Gasteiger partial charge on any atom is -0.453 e. The number of alkyl carbamates (subject to hydrolysis) is 2. The van der Waals surface area contributed by atoms with Crippen LogP contribution < -0.4 is 10.6 Å². The van der Waals surface area contributed by atoms with Gasteiger partial charge in [-0.3, -0.25) is 9.59 Å². The predicted octanol–water partition coefficient (Wildman–Crippen LogP) is 8.30. The molecule has 2 fully saturated rings. The molecule has 0 saturated carbocycles. The van der Waals surface area contributed by atoms with Crippen molar-refractivity contribution in [3.05, 3.63) is 117 Å². The number of likely N-dealkylation sites (tertiary alicyclic amines) is 2. The Labute approximate surface area is 368 Å². The zero-order valence-electron chi connectivity index (χ0n) is 34.7. The molecule has 16 heteroatoms. The monoisotopic (exact) mass is 874 g/mol. The molecule has 14 nitrogen and oxygen atoms in total. The fraction of sp³-hybridized carbons (Fsp3) is 0.348. The Morgan fingerprint density at radius 1 is 0.645 bits per heavy atom. The second-order valence-electron chi connectivity index (χ2n) is 15.7. The van der Waals surface area contributed by atoms with Crippen LogP contribution in [-0.2, 0) is 31.9 Å². The maximum absolute atomic E-state index is 13.6. The van der Waals surface area contributed by atoms with E-state index in [0.29, 0.717) is 25.9 Å². The summed E-state index contributed by atoms with van der Waals surface area (Å²) in [7, 11) is 2.65. The van der Waals surface area contributed by atoms with Crippen LogP contribution in [0.25, 0.3) is 33.6 Å². The molecule has 0 spiro atoms. The number of carbonyl (C=O) groups excluding carboxylic acids is 4. The molecule has 4 atom stereocenters. The number of rotatable bonds is 15. The molecule has 2 aliphatic rings. The normalized spacial score (nSPS) is 17.1. The van der Waals surface area contributed by atoms with E-state index in [9.17, 15) is 19.2 Å². The largest absolute Gasteiger partial charge is 0.453 e. The van der Waals surface area contributed by atoms with Gasteiger partial charge in [0.05, 0.1) is 50.1 Å². The highest BCUT2D eigenvalue weighted by Gasteiger charge is 2.35. The van der Waals surface area contributed by atoms with E-state index in [4.69, 9.17) is 19.4 Å². The number of ether oxygens (including phenoxy) is 2. The molecule has 2 saturated heterocycles. The van der Waals surface area contributed by atoms with Crippen molar-refractivity contribution >= 4 is 46.7 Å². The molecule has 0 radical (unpaired) electrons. The van der Waals surface area contributed by atoms with Crippen LogP contribution in [0.3, 0.4) is 0 Å². The number of hydrogen-bond acceptors (Lipinski definition) is 10. The summed E-state index contributed by atoms with van der Waals surface area (Å²) in [4.78, 5) is 73.8. The van der Waals surface area contributed by atoms with Gasteiger partial charge in [-0.05, 0) is 70.8 Å². The number of hydrogen-bond donors (Lipinski definition) is 4. The fourth-order valence-corrected chi connectivity index (χ4v) is 10.1. The van der Waals surface area contributed by atoms with Gasteiger partial charge in [0.15, 0.2) is 0 Å². The maximum Gasteiger partial charge on any atom is 0.407 e. The number of aromatic amines is 2. The second kappa shape index (κ2) is 19.6. The quantitative estimate of drug-likeness (QED) is 0.0797. The van der Waals surface area contributed by atoms with E-state index in [1.165, 1.54) is 14.2 Å². The summed E-state index contributed by atoms with van der Waals surface area (Å²) < 4.78 is 9.67. The van der Waals surface area contributed by atoms with Gasteiger partial charge in [-0.1, -0.05) is 60.7 Å². The average Bonchev–Trinajstić information content (AvgIpc) is 4.14. The highest BCUT2D eigenvalue weighted by atomic mass is 32.1. The molecular weight excluding hydrogens is 825 g/mol. The number of aromatic nitrogens is 4. The number of benzene rings is 2. The second-order valence-corrected chi connectivity index (χ2v) is 17.7. The number of thiophene rings is 2. The summed E-state index contributed by atoms with van der Waals surface area (Å²) in [5, 5.41) is 9.66. The van der Waals surface area contributed by atoms with E-state index in [2.05, 4.69) is 69.1 Å². The first kappa shape index (κ1) is 42.4. The van der Waals surface area contributed by atoms with Crippen molar-refractivity contribution in [3.63, 3.8) is 0 Å². The lowest BCUT2D eigenvalue weighted by Crippen LogP contribution is -2.41. The number of amides is 4. The van der Waals surface area contributed by atoms with Gasteiger partial charge in [-0.25, -0.2) is 19.6 Å². The summed E-state index contributed by atoms with van der Waals surface area (Å²) in [6.45, 7) is 1.27. The highest BCUT2D eigenvalue weighted by molar-refractivity contribution is 7.10. The molecule has 4 aromatic heterocycles. The third-order valence-corrected chi connectivity index (χ3v) is 13.4. The number of methoxy groups -OCH3 is 2. The Balaban J connectivity index is 0.881. The number of nitrogens with one attached hydrogen (secondary N) is 4. The molecule has 8 rings (SSSR count). The zero-order valence-corrected chi connectivity index (χ0v) is 36.3. The number of H-pyrrole nitrogens is 2. The Morgan fingerprint density at radius 2 is 1.05 bits per heavy atom. The van der Waals surface area contributed by atoms with Crippen molar-refractivity contribution in [2.45, 2.75) is 75.5 Å². The first-order valence-electron chi connectivity index (χ1n) is 20.9. The smallest absolute Gasteiger partial charge is 0.407 e. The highest BCUT2D eigenvalue weighted by Crippen LogP contribution is 2.35. The van der Waals surface area contributed by atoms with Crippen molar-refractivity contribution in [2.75, 3.05) is 27.3 Å². The van der Waals surface area contributed by atoms with E-state index >= 15 is 0 Å². The molecule has 0 unspecified atom stereocenters. The van der Waals surface area contributed by atoms with Crippen LogP contribution in [0.15, 0.2) is 96.0 Å². The summed E-state index contributed by atoms with van der Waals surface area (Å²) in [5.41, 5.74) is 5.85. The van der Waals surface area contributed by atoms with Gasteiger partial charge >= 0.3 is 12.2 Å². The van der Waals surface area contributed by atoms with Crippen LogP contribution in [-0.4, -0.2) is 93.1 Å². The fourth-order valence-electron chi connectivity index (χ4n) is 8.49. The van der Waals surface area contributed by atoms with E-state index in [1.54, 1.807) is 22.7 Å². The molecule has 4 amide bonds. The van der Waals surface area contributed by atoms with Crippen molar-refractivity contribution in [3.8, 4) is 33.6 Å². The van der Waals surface area contributed by atoms with Gasteiger partial charge in [0, 0.05) is 60.6 Å². The van der Waals surface area contributed by atoms with Gasteiger partial charge in [-0.2, -0.15) is 0 Å². The lowest BCUT2D eigenvalue weighted by molar-refractivity contribution is -0.133. The number of carbonyl (C=O) groups is 4. The van der Waals surface area contributed by atoms with E-state index in [-0.39, 0.29) is 48.8 Å². The van der Waals surface area contributed by atoms with Crippen LogP contribution in [0.4, 0.5) is 9.59 Å². The molecule has 322 valence electrons. The van der Waals surface area contributed by atoms with Crippen molar-refractivity contribution < 1.29 is 28.7 Å². The zero-order chi connectivity index (χ0) is 43.0. The Kier molecular flexibility index (Phi) is 13.4. The van der Waals surface area contributed by atoms with E-state index in [1.807, 2.05) is 57.2 Å². The van der Waals surface area contributed by atoms with E-state index in [0.717, 1.165) is 80.7 Å². The van der Waals surface area contributed by atoms with Gasteiger partial charge in [0.25, 0.3) is 0 Å². The number of imidazole rings is 2. The van der Waals surface area contributed by atoms with Crippen molar-refractivity contribution in [1.82, 2.24) is 40.4 Å². The van der Waals surface area contributed by atoms with Crippen molar-refractivity contribution in [1.29, 1.82) is 0 Å². The standard InChI is InChI=1S/C46H50N8O6S2/c1-59-45(57)49-33(23-35-7-5-21-61-35)25-41(55)53-19-3-9-39(53)43-47-27-37(51-43)31-15-11-29(12-16-31)30-13-17-32(18-14-30)38-28-48-44(52-38)40-10-4-20-54(40)42(56)26-34(50-46(58)60-2)24-36-8-6-22-62-36/h5-8,11-18,21-22,27-28,33-34,39-40H,3-4,9-10,19-20,23-26H2,1-2H3,(H,47,51)(H,48,52)(H,49,57)(H,50,58)/t33-,34-,39-,40-/m0/s1. The molecule has 6 heterocycles. The molecule has 0 bridgehead atoms. The summed E-state index contributed by atoms with van der Waals surface area (Å²) in [6, 6.07) is 23.4. The first-order chi connectivity index (χ1) is 30.2. The molecule has 0 aliphatic carbocycles. The minimum absolute atomic E-state index is 0.0269. The Bertz CT molecular complexity index is 2260. The lowest BCUT2D eigenvalue weighted by atomic mass is 10.0. The van der Waals surface area contributed by atoms with Crippen molar-refractivity contribution in [2.24, 2.45) is 0 Å². The third-order valence-electron chi connectivity index (χ3n) is 11.6. The summed E-state index contributed by atoms with van der Waals surface area (Å²) >= 11 is 3.19. The molecule has 4 N–H and O–H groups in total. The lowest BCUT2D eigenvalue weighted by Gasteiger charge is -2.26. The minimum atomic E-state index is -0.549. The van der Waals surface area contributed by atoms with Crippen LogP contribution in [0.1, 0.15) is 72.0 Å². The van der Waals surface area contributed by atoms with Gasteiger partial charge in [0.2, 0.25) is 11.8 Å². The predicted molar refractivity (Wildman–Crippen MR) is 238 cm³/mol. The first-order valence-corrected chi connectivity index (χ1v) is 22.6. The van der Waals surface area contributed by atoms with Crippen LogP contribution >= 0.6 is 22.7 Å². The topological polar surface area (TPSA) is 175 Å². The molecular formula is C46H50N8O6S2. The Morgan fingerprint density at radius 3 is 1.42 bits per heavy atom. The van der Waals surface area contributed by atoms with Crippen LogP contribution in [0.2, 0.25) is 0 Å². The molecule has 6 aromatic rings. The third kappa shape index (κ3) is 10.1. The molecule has 2 aromatic carbocycles. The van der Waals surface area contributed by atoms with Gasteiger partial charge in [-0.15, -0.1) is 22.7 Å². The summed E-state index contributed by atoms with van der Waals surface area (Å²) in [6.07, 6.45) is 7.35.